The van der Waals surface area contributed by atoms with Crippen LogP contribution >= 0.6 is 11.6 Å². The SMILES string of the molecule is CCC(C)N(C)S(=O)(=O)c1cc(N)cc(Cl)c1F. The van der Waals surface area contributed by atoms with E-state index in [4.69, 9.17) is 17.3 Å². The van der Waals surface area contributed by atoms with Crippen LogP contribution in [0.4, 0.5) is 10.1 Å². The summed E-state index contributed by atoms with van der Waals surface area (Å²) in [7, 11) is -2.53. The number of nitrogens with two attached hydrogens (primary N) is 1. The van der Waals surface area contributed by atoms with Gasteiger partial charge in [0.1, 0.15) is 4.90 Å². The maximum absolute atomic E-state index is 13.8. The first-order valence-corrected chi connectivity index (χ1v) is 7.26. The molecule has 0 aliphatic carbocycles. The molecule has 4 nitrogen and oxygen atoms in total. The zero-order valence-corrected chi connectivity index (χ0v) is 12.0. The number of sulfonamides is 1. The van der Waals surface area contributed by atoms with Crippen LogP contribution in [0.2, 0.25) is 5.02 Å². The van der Waals surface area contributed by atoms with E-state index in [0.717, 1.165) is 10.4 Å². The summed E-state index contributed by atoms with van der Waals surface area (Å²) in [6, 6.07) is 2.02. The van der Waals surface area contributed by atoms with Crippen LogP contribution in [0, 0.1) is 5.82 Å². The van der Waals surface area contributed by atoms with E-state index in [-0.39, 0.29) is 16.8 Å². The van der Waals surface area contributed by atoms with E-state index in [1.165, 1.54) is 13.1 Å². The molecule has 1 aromatic carbocycles. The van der Waals surface area contributed by atoms with Gasteiger partial charge in [0.15, 0.2) is 5.82 Å². The van der Waals surface area contributed by atoms with Gasteiger partial charge < -0.3 is 5.73 Å². The molecule has 0 aliphatic rings. The number of hydrogen-bond donors (Lipinski definition) is 1. The van der Waals surface area contributed by atoms with Crippen molar-refractivity contribution in [2.45, 2.75) is 31.2 Å². The van der Waals surface area contributed by atoms with Gasteiger partial charge in [0.05, 0.1) is 5.02 Å². The Balaban J connectivity index is 3.37. The van der Waals surface area contributed by atoms with Gasteiger partial charge in [-0.2, -0.15) is 4.31 Å². The van der Waals surface area contributed by atoms with E-state index in [0.29, 0.717) is 6.42 Å². The molecule has 0 bridgehead atoms. The summed E-state index contributed by atoms with van der Waals surface area (Å²) in [6.45, 7) is 3.59. The summed E-state index contributed by atoms with van der Waals surface area (Å²) in [5.74, 6) is -0.971. The van der Waals surface area contributed by atoms with Crippen LogP contribution in [0.25, 0.3) is 0 Å². The van der Waals surface area contributed by atoms with Crippen molar-refractivity contribution >= 4 is 27.3 Å². The number of nitrogens with zero attached hydrogens (tertiary/aromatic N) is 1. The Hall–Kier alpha value is -0.850. The molecule has 0 aromatic heterocycles. The number of anilines is 1. The van der Waals surface area contributed by atoms with Crippen LogP contribution in [-0.4, -0.2) is 25.8 Å². The van der Waals surface area contributed by atoms with Crippen molar-refractivity contribution in [2.75, 3.05) is 12.8 Å². The number of hydrogen-bond acceptors (Lipinski definition) is 3. The third-order valence-electron chi connectivity index (χ3n) is 2.89. The van der Waals surface area contributed by atoms with Crippen LogP contribution < -0.4 is 5.73 Å². The average molecular weight is 295 g/mol. The molecule has 1 aromatic rings. The monoisotopic (exact) mass is 294 g/mol. The molecule has 1 unspecified atom stereocenters. The molecule has 0 radical (unpaired) electrons. The van der Waals surface area contributed by atoms with Crippen molar-refractivity contribution in [2.24, 2.45) is 0 Å². The van der Waals surface area contributed by atoms with Gasteiger partial charge in [-0.1, -0.05) is 18.5 Å². The molecule has 1 atom stereocenters. The fourth-order valence-corrected chi connectivity index (χ4v) is 3.26. The summed E-state index contributed by atoms with van der Waals surface area (Å²) >= 11 is 5.61. The lowest BCUT2D eigenvalue weighted by molar-refractivity contribution is 0.378. The highest BCUT2D eigenvalue weighted by Crippen LogP contribution is 2.28. The Morgan fingerprint density at radius 1 is 1.50 bits per heavy atom. The molecule has 1 rings (SSSR count). The lowest BCUT2D eigenvalue weighted by Crippen LogP contribution is -2.35. The first-order chi connectivity index (χ1) is 8.21. The second-order valence-electron chi connectivity index (χ2n) is 4.09. The van der Waals surface area contributed by atoms with Crippen LogP contribution in [-0.2, 0) is 10.0 Å². The Labute approximate surface area is 112 Å². The second-order valence-corrected chi connectivity index (χ2v) is 6.47. The van der Waals surface area contributed by atoms with Crippen LogP contribution in [0.3, 0.4) is 0 Å². The predicted octanol–water partition coefficient (Wildman–Crippen LogP) is 2.48. The summed E-state index contributed by atoms with van der Waals surface area (Å²) < 4.78 is 39.4. The fourth-order valence-electron chi connectivity index (χ4n) is 1.42. The summed E-state index contributed by atoms with van der Waals surface area (Å²) in [6.07, 6.45) is 0.618. The second kappa shape index (κ2) is 5.42. The molecule has 0 aliphatic heterocycles. The molecule has 18 heavy (non-hydrogen) atoms. The molecule has 0 spiro atoms. The number of benzene rings is 1. The maximum Gasteiger partial charge on any atom is 0.246 e. The van der Waals surface area contributed by atoms with Gasteiger partial charge in [0, 0.05) is 18.8 Å². The van der Waals surface area contributed by atoms with Gasteiger partial charge in [-0.3, -0.25) is 0 Å². The summed E-state index contributed by atoms with van der Waals surface area (Å²) in [5.41, 5.74) is 5.61. The molecule has 0 heterocycles. The number of nitrogen functional groups attached to an aromatic ring is 1. The third-order valence-corrected chi connectivity index (χ3v) is 5.13. The minimum atomic E-state index is -3.93. The van der Waals surface area contributed by atoms with Crippen LogP contribution in [0.1, 0.15) is 20.3 Å². The van der Waals surface area contributed by atoms with Crippen molar-refractivity contribution in [1.82, 2.24) is 4.31 Å². The van der Waals surface area contributed by atoms with Crippen molar-refractivity contribution < 1.29 is 12.8 Å². The van der Waals surface area contributed by atoms with E-state index in [1.54, 1.807) is 6.92 Å². The molecule has 0 saturated heterocycles. The Morgan fingerprint density at radius 3 is 2.56 bits per heavy atom. The van der Waals surface area contributed by atoms with E-state index in [9.17, 15) is 12.8 Å². The van der Waals surface area contributed by atoms with Crippen molar-refractivity contribution in [3.05, 3.63) is 23.0 Å². The van der Waals surface area contributed by atoms with Crippen LogP contribution in [0.15, 0.2) is 17.0 Å². The predicted molar refractivity (Wildman–Crippen MR) is 70.5 cm³/mol. The Bertz CT molecular complexity index is 548. The zero-order chi connectivity index (χ0) is 14.1. The normalized spacial score (nSPS) is 13.9. The topological polar surface area (TPSA) is 63.4 Å². The molecule has 0 fully saturated rings. The highest BCUT2D eigenvalue weighted by molar-refractivity contribution is 7.89. The number of halogens is 2. The molecule has 0 saturated carbocycles. The van der Waals surface area contributed by atoms with Gasteiger partial charge in [-0.25, -0.2) is 12.8 Å². The quantitative estimate of drug-likeness (QED) is 0.868. The van der Waals surface area contributed by atoms with Crippen LogP contribution in [0.5, 0.6) is 0 Å². The molecular weight excluding hydrogens is 279 g/mol. The van der Waals surface area contributed by atoms with Crippen molar-refractivity contribution in [3.63, 3.8) is 0 Å². The Morgan fingerprint density at radius 2 is 2.06 bits per heavy atom. The van der Waals surface area contributed by atoms with E-state index in [1.807, 2.05) is 6.92 Å². The van der Waals surface area contributed by atoms with E-state index in [2.05, 4.69) is 0 Å². The smallest absolute Gasteiger partial charge is 0.246 e. The Kier molecular flexibility index (Phi) is 4.58. The highest BCUT2D eigenvalue weighted by atomic mass is 35.5. The fraction of sp³-hybridized carbons (Fsp3) is 0.455. The van der Waals surface area contributed by atoms with Gasteiger partial charge in [-0.15, -0.1) is 0 Å². The highest BCUT2D eigenvalue weighted by Gasteiger charge is 2.28. The van der Waals surface area contributed by atoms with E-state index >= 15 is 0 Å². The molecule has 102 valence electrons. The molecular formula is C11H16ClFN2O2S. The minimum Gasteiger partial charge on any atom is -0.399 e. The van der Waals surface area contributed by atoms with E-state index < -0.39 is 20.7 Å². The van der Waals surface area contributed by atoms with Gasteiger partial charge in [0.25, 0.3) is 0 Å². The first-order valence-electron chi connectivity index (χ1n) is 5.44. The average Bonchev–Trinajstić information content (AvgIpc) is 2.31. The zero-order valence-electron chi connectivity index (χ0n) is 10.4. The minimum absolute atomic E-state index is 0.109. The first kappa shape index (κ1) is 15.2. The van der Waals surface area contributed by atoms with Gasteiger partial charge in [0.2, 0.25) is 10.0 Å². The van der Waals surface area contributed by atoms with Crippen molar-refractivity contribution in [1.29, 1.82) is 0 Å². The molecule has 7 heteroatoms. The third kappa shape index (κ3) is 2.76. The molecule has 2 N–H and O–H groups in total. The largest absolute Gasteiger partial charge is 0.399 e. The molecule has 0 amide bonds. The van der Waals surface area contributed by atoms with Gasteiger partial charge in [-0.05, 0) is 25.5 Å². The number of rotatable bonds is 4. The lowest BCUT2D eigenvalue weighted by Gasteiger charge is -2.23. The lowest BCUT2D eigenvalue weighted by atomic mass is 10.3. The summed E-state index contributed by atoms with van der Waals surface area (Å²) in [5, 5.41) is -0.300. The maximum atomic E-state index is 13.8. The van der Waals surface area contributed by atoms with Crippen molar-refractivity contribution in [3.8, 4) is 0 Å². The van der Waals surface area contributed by atoms with Gasteiger partial charge >= 0.3 is 0 Å². The standard InChI is InChI=1S/C11H16ClFN2O2S/c1-4-7(2)15(3)18(16,17)10-6-8(14)5-9(12)11(10)13/h5-7H,4,14H2,1-3H3. The summed E-state index contributed by atoms with van der Waals surface area (Å²) in [4.78, 5) is -0.490.